The van der Waals surface area contributed by atoms with E-state index in [0.29, 0.717) is 69.3 Å². The van der Waals surface area contributed by atoms with Gasteiger partial charge in [0.1, 0.15) is 45.0 Å². The number of aromatic amines is 1. The van der Waals surface area contributed by atoms with Crippen LogP contribution in [-0.2, 0) is 107 Å². The van der Waals surface area contributed by atoms with Gasteiger partial charge in [-0.1, -0.05) is 75.7 Å². The van der Waals surface area contributed by atoms with Gasteiger partial charge >= 0.3 is 11.9 Å². The van der Waals surface area contributed by atoms with E-state index in [1.165, 1.54) is 75.8 Å². The van der Waals surface area contributed by atoms with E-state index in [0.717, 1.165) is 137 Å². The van der Waals surface area contributed by atoms with Gasteiger partial charge in [0, 0.05) is 117 Å². The van der Waals surface area contributed by atoms with E-state index < -0.39 is 28.1 Å². The summed E-state index contributed by atoms with van der Waals surface area (Å²) in [6.07, 6.45) is 10.6. The van der Waals surface area contributed by atoms with Crippen LogP contribution in [0.2, 0.25) is 51.4 Å². The Balaban J connectivity index is 0.000000144. The van der Waals surface area contributed by atoms with Crippen LogP contribution >= 0.6 is 34.0 Å². The zero-order chi connectivity index (χ0) is 76.3. The number of thiazole rings is 3. The zero-order valence-corrected chi connectivity index (χ0v) is 66.1. The lowest BCUT2D eigenvalue weighted by atomic mass is 10.1. The number of rotatable bonds is 21. The fourth-order valence-electron chi connectivity index (χ4n) is 12.2. The normalized spacial score (nSPS) is 11.9. The summed E-state index contributed by atoms with van der Waals surface area (Å²) >= 11 is 4.44. The van der Waals surface area contributed by atoms with Gasteiger partial charge < -0.3 is 44.3 Å². The molecule has 0 spiro atoms. The Morgan fingerprint density at radius 2 is 0.832 bits per heavy atom. The molecule has 12 heterocycles. The van der Waals surface area contributed by atoms with Crippen LogP contribution in [0.15, 0.2) is 106 Å². The summed E-state index contributed by atoms with van der Waals surface area (Å²) in [6, 6.07) is 20.1. The molecule has 0 aliphatic rings. The van der Waals surface area contributed by atoms with Crippen LogP contribution in [0.4, 0.5) is 0 Å². The van der Waals surface area contributed by atoms with E-state index in [2.05, 4.69) is 105 Å². The number of carbonyl (C=O) groups excluding carboxylic acids is 4. The molecule has 3 aromatic carbocycles. The number of aryl methyl sites for hydroxylation is 3. The molecule has 31 nitrogen and oxygen atoms in total. The molecule has 5 N–H and O–H groups in total. The Kier molecular flexibility index (Phi) is 22.6. The van der Waals surface area contributed by atoms with Gasteiger partial charge in [-0.2, -0.15) is 30.6 Å². The molecule has 15 rings (SSSR count). The highest BCUT2D eigenvalue weighted by molar-refractivity contribution is 7.20. The number of nitrogens with two attached hydrogens (primary N) is 1. The Hall–Kier alpha value is -10.6. The van der Waals surface area contributed by atoms with Crippen LogP contribution < -0.4 is 33.0 Å². The number of esters is 2. The predicted octanol–water partition coefficient (Wildman–Crippen LogP) is 9.21. The van der Waals surface area contributed by atoms with Gasteiger partial charge in [0.05, 0.1) is 101 Å². The number of ether oxygens (including phenoxy) is 3. The number of amides is 2. The average molecular weight is 1540 g/mol. The van der Waals surface area contributed by atoms with Gasteiger partial charge in [-0.25, -0.2) is 38.4 Å². The average Bonchev–Trinajstić information content (AvgIpc) is 1.61. The molecule has 12 aromatic heterocycles. The van der Waals surface area contributed by atoms with Gasteiger partial charge in [-0.05, 0) is 47.0 Å². The lowest BCUT2D eigenvalue weighted by molar-refractivity contribution is -0.156. The predicted molar refractivity (Wildman–Crippen MR) is 421 cm³/mol. The number of benzene rings is 3. The van der Waals surface area contributed by atoms with Crippen molar-refractivity contribution in [3.05, 3.63) is 155 Å². The molecule has 2 amide bonds. The number of nitrogens with one attached hydrogen (secondary N) is 3. The second kappa shape index (κ2) is 31.8. The molecule has 15 aromatic rings. The Labute approximate surface area is 624 Å². The molecule has 107 heavy (non-hydrogen) atoms. The van der Waals surface area contributed by atoms with Crippen LogP contribution in [0.25, 0.3) is 96.5 Å². The number of carbonyl (C=O) groups is 4. The largest absolute Gasteiger partial charge is 0.394 e. The molecule has 0 radical (unpaired) electrons. The van der Waals surface area contributed by atoms with Crippen LogP contribution in [0.1, 0.15) is 59.4 Å². The number of H-pyrrole nitrogens is 1. The van der Waals surface area contributed by atoms with Gasteiger partial charge in [0.15, 0.2) is 16.9 Å². The topological polar surface area (TPSA) is 368 Å². The Morgan fingerprint density at radius 1 is 0.477 bits per heavy atom. The van der Waals surface area contributed by atoms with Crippen molar-refractivity contribution in [1.29, 1.82) is 0 Å². The van der Waals surface area contributed by atoms with E-state index in [-0.39, 0.29) is 28.5 Å². The molecule has 0 unspecified atom stereocenters. The summed E-state index contributed by atoms with van der Waals surface area (Å²) in [6.45, 7) is 23.8. The molecule has 0 bridgehead atoms. The first-order chi connectivity index (χ1) is 51.0. The SMILES string of the molecule is CC(=O)NCc1nc2c(s1)c1cnn(Cc3cccc4[nH]ncc34)c(=O)c1n2C.CC(=O)NCc1nc2c(s1)c1cnn(Cc3cccc4c3cnn4COCC[Si](C)(C)C)c(=O)c1n2C.CC(=O)OC(C)=O.Cn1c2nc(CN)sc2c2cnn(Cc3cccc4c3cnn4COCC[Si](C)(C)C)c(=O)c21. The minimum atomic E-state index is -1.15. The van der Waals surface area contributed by atoms with Gasteiger partial charge in [0.2, 0.25) is 11.8 Å². The highest BCUT2D eigenvalue weighted by Crippen LogP contribution is 2.34. The summed E-state index contributed by atoms with van der Waals surface area (Å²) in [4.78, 5) is 95.8. The number of hydrogen-bond donors (Lipinski definition) is 4. The van der Waals surface area contributed by atoms with Crippen LogP contribution in [-0.4, -0.2) is 141 Å². The summed E-state index contributed by atoms with van der Waals surface area (Å²) in [7, 11) is 3.25. The summed E-state index contributed by atoms with van der Waals surface area (Å²) in [5, 5.41) is 42.7. The molecule has 0 saturated heterocycles. The maximum absolute atomic E-state index is 13.5. The van der Waals surface area contributed by atoms with Gasteiger partial charge in [-0.15, -0.1) is 34.0 Å². The second-order valence-electron chi connectivity index (χ2n) is 28.1. The van der Waals surface area contributed by atoms with Crippen molar-refractivity contribution >= 4 is 170 Å². The van der Waals surface area contributed by atoms with Crippen molar-refractivity contribution in [2.75, 3.05) is 13.2 Å². The third kappa shape index (κ3) is 16.8. The molecule has 0 aliphatic heterocycles. The third-order valence-electron chi connectivity index (χ3n) is 17.7. The first kappa shape index (κ1) is 76.1. The van der Waals surface area contributed by atoms with Gasteiger partial charge in [0.25, 0.3) is 16.7 Å². The number of hydrogen-bond acceptors (Lipinski definition) is 23. The van der Waals surface area contributed by atoms with E-state index >= 15 is 0 Å². The van der Waals surface area contributed by atoms with Crippen molar-refractivity contribution < 1.29 is 33.4 Å². The van der Waals surface area contributed by atoms with E-state index in [1.54, 1.807) is 29.4 Å². The maximum atomic E-state index is 13.5. The fraction of sp³-hybridized carbons (Fsp3) is 0.352. The number of nitrogens with zero attached hydrogens (tertiary/aromatic N) is 17. The van der Waals surface area contributed by atoms with Crippen molar-refractivity contribution in [3.8, 4) is 0 Å². The molecular formula is C71H83N21O10S3Si2. The molecule has 0 aliphatic carbocycles. The molecular weight excluding hydrogens is 1460 g/mol. The quantitative estimate of drug-likeness (QED) is 0.0225. The van der Waals surface area contributed by atoms with E-state index in [9.17, 15) is 33.6 Å². The van der Waals surface area contributed by atoms with Crippen LogP contribution in [0.5, 0.6) is 0 Å². The number of fused-ring (bicyclic) bond motifs is 12. The van der Waals surface area contributed by atoms with Crippen LogP contribution in [0.3, 0.4) is 0 Å². The lowest BCUT2D eigenvalue weighted by Gasteiger charge is -2.15. The summed E-state index contributed by atoms with van der Waals surface area (Å²) < 4.78 is 32.2. The Bertz CT molecular complexity index is 6060. The highest BCUT2D eigenvalue weighted by Gasteiger charge is 2.24. The molecule has 0 fully saturated rings. The monoisotopic (exact) mass is 1540 g/mol. The van der Waals surface area contributed by atoms with E-state index in [4.69, 9.17) is 15.2 Å². The Morgan fingerprint density at radius 3 is 1.20 bits per heavy atom. The zero-order valence-electron chi connectivity index (χ0n) is 61.6. The minimum absolute atomic E-state index is 0.105. The maximum Gasteiger partial charge on any atom is 0.310 e. The van der Waals surface area contributed by atoms with Gasteiger partial charge in [-0.3, -0.25) is 38.7 Å². The van der Waals surface area contributed by atoms with Crippen molar-refractivity contribution in [1.82, 2.24) is 98.4 Å². The number of aromatic nitrogens is 18. The molecule has 36 heteroatoms. The standard InChI is InChI=1S/C25H31N7O3SSi.C23H29N7O2SSi.C19H17N7O2S.C4H6O3/c1-16(33)26-13-21-29-24-23(36-21)19-12-27-31(25(34)22(19)30(24)2)14-17-7-6-8-20-18(17)11-28-32(20)15-35-9-10-37(3,4)5;1-28-20-17(21-22(28)27-19(10-24)33-21)12-25-29(23(20)31)13-15-6-5-7-18-16(15)11-26-30(18)14-32-8-9-34(2,3)4;1-10(27)20-8-15-23-18-17(29-15)13-7-22-26(19(28)16(13)25(18)2)9-11-4-3-5-14-12(11)6-21-24-14;1-3(5)7-4(2)6/h6-8,11-12H,9-10,13-15H2,1-5H3,(H,26,33);5-7,11-12H,8-10,13-14,24H2,1-4H3;3-7H,8-9H2,1-2H3,(H,20,27)(H,21,24);1-2H3. The van der Waals surface area contributed by atoms with Crippen molar-refractivity contribution in [2.24, 2.45) is 26.9 Å². The molecule has 0 atom stereocenters. The summed E-state index contributed by atoms with van der Waals surface area (Å²) in [5.41, 5.74) is 15.0. The van der Waals surface area contributed by atoms with Crippen molar-refractivity contribution in [2.45, 2.75) is 132 Å². The molecule has 0 saturated carbocycles. The third-order valence-corrected chi connectivity index (χ3v) is 24.3. The first-order valence-electron chi connectivity index (χ1n) is 34.4. The second-order valence-corrected chi connectivity index (χ2v) is 42.6. The minimum Gasteiger partial charge on any atom is -0.394 e. The smallest absolute Gasteiger partial charge is 0.310 e. The lowest BCUT2D eigenvalue weighted by Crippen LogP contribution is -2.24. The van der Waals surface area contributed by atoms with Crippen molar-refractivity contribution in [3.63, 3.8) is 0 Å². The fourth-order valence-corrected chi connectivity index (χ4v) is 16.8. The first-order valence-corrected chi connectivity index (χ1v) is 44.2. The molecule has 558 valence electrons. The summed E-state index contributed by atoms with van der Waals surface area (Å²) in [5.74, 6) is -1.34. The van der Waals surface area contributed by atoms with E-state index in [1.807, 2.05) is 107 Å². The highest BCUT2D eigenvalue weighted by atomic mass is 32.1. The van der Waals surface area contributed by atoms with Crippen LogP contribution in [0, 0.1) is 0 Å².